The average molecular weight is 358 g/mol. The molecular formula is C17H26N8O. The van der Waals surface area contributed by atoms with Gasteiger partial charge in [0.15, 0.2) is 0 Å². The second-order valence-corrected chi connectivity index (χ2v) is 7.26. The molecule has 0 unspecified atom stereocenters. The summed E-state index contributed by atoms with van der Waals surface area (Å²) < 4.78 is 1.56. The number of fused-ring (bicyclic) bond motifs is 2. The molecule has 2 aromatic rings. The summed E-state index contributed by atoms with van der Waals surface area (Å²) in [6.07, 6.45) is 5.82. The highest BCUT2D eigenvalue weighted by Gasteiger charge is 2.46. The van der Waals surface area contributed by atoms with Crippen LogP contribution in [0.15, 0.2) is 6.33 Å². The van der Waals surface area contributed by atoms with E-state index in [9.17, 15) is 4.79 Å². The number of aromatic nitrogens is 6. The lowest BCUT2D eigenvalue weighted by molar-refractivity contribution is -0.135. The minimum absolute atomic E-state index is 0.0366. The van der Waals surface area contributed by atoms with Crippen molar-refractivity contribution in [1.29, 1.82) is 0 Å². The largest absolute Gasteiger partial charge is 0.348 e. The van der Waals surface area contributed by atoms with Gasteiger partial charge < -0.3 is 9.88 Å². The molecule has 0 atom stereocenters. The number of imidazole rings is 1. The Morgan fingerprint density at radius 2 is 2.12 bits per heavy atom. The molecule has 9 heteroatoms. The van der Waals surface area contributed by atoms with Crippen molar-refractivity contribution in [2.24, 2.45) is 0 Å². The zero-order valence-electron chi connectivity index (χ0n) is 15.5. The van der Waals surface area contributed by atoms with Gasteiger partial charge in [-0.15, -0.1) is 5.10 Å². The van der Waals surface area contributed by atoms with Crippen LogP contribution in [0.4, 0.5) is 0 Å². The van der Waals surface area contributed by atoms with Gasteiger partial charge in [-0.3, -0.25) is 9.69 Å². The summed E-state index contributed by atoms with van der Waals surface area (Å²) in [5, 5.41) is 11.3. The number of tetrazole rings is 1. The quantitative estimate of drug-likeness (QED) is 0.855. The molecule has 26 heavy (non-hydrogen) atoms. The summed E-state index contributed by atoms with van der Waals surface area (Å²) >= 11 is 0. The molecule has 0 radical (unpaired) electrons. The van der Waals surface area contributed by atoms with Crippen molar-refractivity contribution in [2.75, 3.05) is 26.2 Å². The third kappa shape index (κ3) is 2.80. The lowest BCUT2D eigenvalue weighted by Crippen LogP contribution is -2.57. The van der Waals surface area contributed by atoms with E-state index >= 15 is 0 Å². The first-order valence-electron chi connectivity index (χ1n) is 9.42. The van der Waals surface area contributed by atoms with E-state index in [1.165, 1.54) is 11.4 Å². The first kappa shape index (κ1) is 17.1. The van der Waals surface area contributed by atoms with Crippen LogP contribution in [-0.4, -0.2) is 72.1 Å². The monoisotopic (exact) mass is 358 g/mol. The Kier molecular flexibility index (Phi) is 4.47. The van der Waals surface area contributed by atoms with E-state index in [2.05, 4.69) is 37.3 Å². The number of likely N-dealkylation sites (tertiary alicyclic amines) is 1. The Balaban J connectivity index is 1.49. The van der Waals surface area contributed by atoms with Gasteiger partial charge in [-0.2, -0.15) is 0 Å². The summed E-state index contributed by atoms with van der Waals surface area (Å²) in [6, 6.07) is 0. The van der Waals surface area contributed by atoms with E-state index in [1.54, 1.807) is 4.68 Å². The fourth-order valence-corrected chi connectivity index (χ4v) is 4.42. The molecule has 4 rings (SSSR count). The molecule has 0 bridgehead atoms. The molecule has 140 valence electrons. The van der Waals surface area contributed by atoms with Gasteiger partial charge in [0.2, 0.25) is 5.91 Å². The van der Waals surface area contributed by atoms with Crippen molar-refractivity contribution < 1.29 is 4.79 Å². The molecule has 2 aromatic heterocycles. The molecule has 0 saturated carbocycles. The molecule has 1 N–H and O–H groups in total. The third-order valence-corrected chi connectivity index (χ3v) is 5.83. The SMILES string of the molecule is CCCN1CCc2[nH]cnc2C12CCN(C(=O)Cn1nnnc1C)CC2. The van der Waals surface area contributed by atoms with E-state index in [-0.39, 0.29) is 18.0 Å². The fourth-order valence-electron chi connectivity index (χ4n) is 4.42. The predicted octanol–water partition coefficient (Wildman–Crippen LogP) is 0.491. The highest BCUT2D eigenvalue weighted by atomic mass is 16.2. The van der Waals surface area contributed by atoms with E-state index in [4.69, 9.17) is 0 Å². The van der Waals surface area contributed by atoms with Crippen molar-refractivity contribution in [1.82, 2.24) is 40.0 Å². The highest BCUT2D eigenvalue weighted by molar-refractivity contribution is 5.76. The second kappa shape index (κ2) is 6.79. The maximum atomic E-state index is 12.7. The van der Waals surface area contributed by atoms with Crippen molar-refractivity contribution in [3.63, 3.8) is 0 Å². The summed E-state index contributed by atoms with van der Waals surface area (Å²) in [6.45, 7) is 7.85. The van der Waals surface area contributed by atoms with Gasteiger partial charge in [0.05, 0.1) is 17.6 Å². The molecule has 1 saturated heterocycles. The zero-order valence-corrected chi connectivity index (χ0v) is 15.5. The maximum absolute atomic E-state index is 12.7. The van der Waals surface area contributed by atoms with Gasteiger partial charge in [-0.25, -0.2) is 9.67 Å². The van der Waals surface area contributed by atoms with Crippen LogP contribution in [-0.2, 0) is 23.3 Å². The summed E-state index contributed by atoms with van der Waals surface area (Å²) in [5.74, 6) is 0.741. The number of nitrogens with zero attached hydrogens (tertiary/aromatic N) is 7. The Hall–Kier alpha value is -2.29. The van der Waals surface area contributed by atoms with Gasteiger partial charge in [0.1, 0.15) is 12.4 Å². The molecule has 2 aliphatic rings. The topological polar surface area (TPSA) is 95.8 Å². The first-order valence-corrected chi connectivity index (χ1v) is 9.42. The van der Waals surface area contributed by atoms with E-state index in [0.717, 1.165) is 51.9 Å². The van der Waals surface area contributed by atoms with Crippen molar-refractivity contribution in [3.05, 3.63) is 23.5 Å². The molecular weight excluding hydrogens is 332 g/mol. The number of nitrogens with one attached hydrogen (secondary N) is 1. The number of aromatic amines is 1. The third-order valence-electron chi connectivity index (χ3n) is 5.83. The average Bonchev–Trinajstić information content (AvgIpc) is 3.28. The van der Waals surface area contributed by atoms with Gasteiger partial charge in [0.25, 0.3) is 0 Å². The van der Waals surface area contributed by atoms with Crippen LogP contribution in [0, 0.1) is 6.92 Å². The van der Waals surface area contributed by atoms with Gasteiger partial charge >= 0.3 is 0 Å². The number of carbonyl (C=O) groups excluding carboxylic acids is 1. The number of H-pyrrole nitrogens is 1. The molecule has 1 fully saturated rings. The molecule has 1 amide bonds. The van der Waals surface area contributed by atoms with Crippen LogP contribution in [0.3, 0.4) is 0 Å². The lowest BCUT2D eigenvalue weighted by atomic mass is 9.78. The number of hydrogen-bond donors (Lipinski definition) is 1. The summed E-state index contributed by atoms with van der Waals surface area (Å²) in [7, 11) is 0. The van der Waals surface area contributed by atoms with Crippen LogP contribution < -0.4 is 0 Å². The Bertz CT molecular complexity index is 773. The predicted molar refractivity (Wildman–Crippen MR) is 94.2 cm³/mol. The van der Waals surface area contributed by atoms with E-state index < -0.39 is 0 Å². The Morgan fingerprint density at radius 3 is 2.81 bits per heavy atom. The van der Waals surface area contributed by atoms with Gasteiger partial charge in [-0.1, -0.05) is 6.92 Å². The molecule has 9 nitrogen and oxygen atoms in total. The van der Waals surface area contributed by atoms with Crippen LogP contribution >= 0.6 is 0 Å². The van der Waals surface area contributed by atoms with E-state index in [0.29, 0.717) is 5.82 Å². The Labute approximate surface area is 152 Å². The number of rotatable bonds is 4. The molecule has 0 aliphatic carbocycles. The molecule has 1 spiro atoms. The zero-order chi connectivity index (χ0) is 18.1. The maximum Gasteiger partial charge on any atom is 0.244 e. The van der Waals surface area contributed by atoms with Crippen LogP contribution in [0.1, 0.15) is 43.4 Å². The van der Waals surface area contributed by atoms with Gasteiger partial charge in [-0.05, 0) is 43.2 Å². The molecule has 4 heterocycles. The van der Waals surface area contributed by atoms with Crippen molar-refractivity contribution >= 4 is 5.91 Å². The smallest absolute Gasteiger partial charge is 0.244 e. The highest BCUT2D eigenvalue weighted by Crippen LogP contribution is 2.42. The normalized spacial score (nSPS) is 19.7. The van der Waals surface area contributed by atoms with Crippen LogP contribution in [0.2, 0.25) is 0 Å². The number of piperidine rings is 1. The Morgan fingerprint density at radius 1 is 1.31 bits per heavy atom. The fraction of sp³-hybridized carbons (Fsp3) is 0.706. The van der Waals surface area contributed by atoms with Crippen LogP contribution in [0.5, 0.6) is 0 Å². The number of amides is 1. The number of carbonyl (C=O) groups is 1. The minimum atomic E-state index is -0.0366. The van der Waals surface area contributed by atoms with Gasteiger partial charge in [0, 0.05) is 31.7 Å². The first-order chi connectivity index (χ1) is 12.6. The molecule has 0 aromatic carbocycles. The van der Waals surface area contributed by atoms with Crippen LogP contribution in [0.25, 0.3) is 0 Å². The van der Waals surface area contributed by atoms with Crippen molar-refractivity contribution in [2.45, 2.75) is 51.6 Å². The minimum Gasteiger partial charge on any atom is -0.348 e. The van der Waals surface area contributed by atoms with Crippen molar-refractivity contribution in [3.8, 4) is 0 Å². The number of hydrogen-bond acceptors (Lipinski definition) is 6. The number of aryl methyl sites for hydroxylation is 1. The second-order valence-electron chi connectivity index (χ2n) is 7.26. The summed E-state index contributed by atoms with van der Waals surface area (Å²) in [5.41, 5.74) is 2.42. The standard InChI is InChI=1S/C17H26N8O/c1-3-7-24-8-4-14-16(19-12-18-14)17(24)5-9-23(10-6-17)15(26)11-25-13(2)20-21-22-25/h12H,3-11H2,1-2H3,(H,18,19). The van der Waals surface area contributed by atoms with E-state index in [1.807, 2.05) is 18.2 Å². The molecule has 2 aliphatic heterocycles. The summed E-state index contributed by atoms with van der Waals surface area (Å²) in [4.78, 5) is 25.2. The lowest BCUT2D eigenvalue weighted by Gasteiger charge is -2.50.